The van der Waals surface area contributed by atoms with Gasteiger partial charge in [-0.05, 0) is 71.8 Å². The van der Waals surface area contributed by atoms with Gasteiger partial charge in [0, 0.05) is 35.6 Å². The van der Waals surface area contributed by atoms with E-state index >= 15 is 0 Å². The number of nitrogens with zero attached hydrogens (tertiary/aromatic N) is 2. The van der Waals surface area contributed by atoms with Crippen molar-refractivity contribution < 1.29 is 0 Å². The molecule has 2 nitrogen and oxygen atoms in total. The summed E-state index contributed by atoms with van der Waals surface area (Å²) in [7, 11) is 0. The summed E-state index contributed by atoms with van der Waals surface area (Å²) in [5.74, 6) is 1.51. The first kappa shape index (κ1) is 20.9. The largest absolute Gasteiger partial charge is 0.299 e. The molecule has 2 aliphatic rings. The SMILES string of the molecule is C1=C(c2csc3ccccc23)CCN(CCC(CC2CCCCC2)c2ccccn2)C1. The van der Waals surface area contributed by atoms with Gasteiger partial charge in [0.2, 0.25) is 0 Å². The normalized spacial score (nSPS) is 19.4. The van der Waals surface area contributed by atoms with Crippen LogP contribution in [0.1, 0.15) is 68.5 Å². The zero-order chi connectivity index (χ0) is 20.9. The zero-order valence-corrected chi connectivity index (χ0v) is 19.3. The fourth-order valence-electron chi connectivity index (χ4n) is 5.55. The molecule has 1 unspecified atom stereocenters. The highest BCUT2D eigenvalue weighted by molar-refractivity contribution is 7.17. The van der Waals surface area contributed by atoms with Crippen LogP contribution in [0.4, 0.5) is 0 Å². The van der Waals surface area contributed by atoms with Gasteiger partial charge in [0.15, 0.2) is 0 Å². The van der Waals surface area contributed by atoms with E-state index in [4.69, 9.17) is 4.98 Å². The maximum Gasteiger partial charge on any atom is 0.0435 e. The number of hydrogen-bond acceptors (Lipinski definition) is 3. The second-order valence-corrected chi connectivity index (χ2v) is 10.3. The summed E-state index contributed by atoms with van der Waals surface area (Å²) in [6, 6.07) is 15.3. The number of thiophene rings is 1. The molecular weight excluding hydrogens is 396 g/mol. The minimum atomic E-state index is 0.607. The Morgan fingerprint density at radius 1 is 1.03 bits per heavy atom. The first-order valence-corrected chi connectivity index (χ1v) is 13.0. The van der Waals surface area contributed by atoms with Gasteiger partial charge >= 0.3 is 0 Å². The van der Waals surface area contributed by atoms with Crippen molar-refractivity contribution in [1.82, 2.24) is 9.88 Å². The lowest BCUT2D eigenvalue weighted by Gasteiger charge is -2.30. The second-order valence-electron chi connectivity index (χ2n) is 9.41. The van der Waals surface area contributed by atoms with Crippen molar-refractivity contribution in [2.45, 2.75) is 57.3 Å². The summed E-state index contributed by atoms with van der Waals surface area (Å²) in [6.07, 6.45) is 15.3. The van der Waals surface area contributed by atoms with Crippen molar-refractivity contribution in [2.24, 2.45) is 5.92 Å². The van der Waals surface area contributed by atoms with Gasteiger partial charge < -0.3 is 0 Å². The van der Waals surface area contributed by atoms with Crippen LogP contribution in [0.2, 0.25) is 0 Å². The Bertz CT molecular complexity index is 1000. The Labute approximate surface area is 191 Å². The van der Waals surface area contributed by atoms with Crippen molar-refractivity contribution in [2.75, 3.05) is 19.6 Å². The summed E-state index contributed by atoms with van der Waals surface area (Å²) < 4.78 is 1.40. The van der Waals surface area contributed by atoms with Crippen molar-refractivity contribution in [3.63, 3.8) is 0 Å². The smallest absolute Gasteiger partial charge is 0.0435 e. The predicted molar refractivity (Wildman–Crippen MR) is 134 cm³/mol. The predicted octanol–water partition coefficient (Wildman–Crippen LogP) is 7.53. The molecule has 3 heterocycles. The van der Waals surface area contributed by atoms with Crippen LogP contribution >= 0.6 is 11.3 Å². The van der Waals surface area contributed by atoms with Gasteiger partial charge in [-0.1, -0.05) is 62.4 Å². The summed E-state index contributed by atoms with van der Waals surface area (Å²) in [5.41, 5.74) is 4.31. The van der Waals surface area contributed by atoms with Gasteiger partial charge in [-0.25, -0.2) is 0 Å². The van der Waals surface area contributed by atoms with E-state index < -0.39 is 0 Å². The third-order valence-electron chi connectivity index (χ3n) is 7.36. The second kappa shape index (κ2) is 10.1. The van der Waals surface area contributed by atoms with Crippen LogP contribution in [-0.2, 0) is 0 Å². The molecule has 0 spiro atoms. The minimum Gasteiger partial charge on any atom is -0.299 e. The third kappa shape index (κ3) is 5.10. The van der Waals surface area contributed by atoms with Gasteiger partial charge in [0.25, 0.3) is 0 Å². The molecule has 1 fully saturated rings. The summed E-state index contributed by atoms with van der Waals surface area (Å²) in [5, 5.41) is 3.78. The van der Waals surface area contributed by atoms with E-state index in [0.29, 0.717) is 5.92 Å². The van der Waals surface area contributed by atoms with Gasteiger partial charge in [-0.3, -0.25) is 9.88 Å². The van der Waals surface area contributed by atoms with Crippen LogP contribution in [0, 0.1) is 5.92 Å². The summed E-state index contributed by atoms with van der Waals surface area (Å²) in [4.78, 5) is 7.40. The lowest BCUT2D eigenvalue weighted by Crippen LogP contribution is -2.30. The first-order valence-electron chi connectivity index (χ1n) is 12.2. The average molecular weight is 431 g/mol. The molecule has 2 aromatic heterocycles. The average Bonchev–Trinajstić information content (AvgIpc) is 3.27. The highest BCUT2D eigenvalue weighted by atomic mass is 32.1. The molecular formula is C28H34N2S. The molecule has 0 bridgehead atoms. The fourth-order valence-corrected chi connectivity index (χ4v) is 6.54. The Morgan fingerprint density at radius 3 is 2.71 bits per heavy atom. The van der Waals surface area contributed by atoms with Crippen molar-refractivity contribution >= 4 is 27.0 Å². The number of aromatic nitrogens is 1. The molecule has 1 atom stereocenters. The topological polar surface area (TPSA) is 16.1 Å². The molecule has 0 radical (unpaired) electrons. The zero-order valence-electron chi connectivity index (χ0n) is 18.5. The highest BCUT2D eigenvalue weighted by Gasteiger charge is 2.23. The highest BCUT2D eigenvalue weighted by Crippen LogP contribution is 2.36. The van der Waals surface area contributed by atoms with Gasteiger partial charge in [-0.2, -0.15) is 0 Å². The Kier molecular flexibility index (Phi) is 6.81. The van der Waals surface area contributed by atoms with E-state index in [1.54, 1.807) is 0 Å². The molecule has 162 valence electrons. The molecule has 1 aromatic carbocycles. The molecule has 31 heavy (non-hydrogen) atoms. The Morgan fingerprint density at radius 2 is 1.90 bits per heavy atom. The Hall–Kier alpha value is -1.97. The van der Waals surface area contributed by atoms with Crippen LogP contribution in [0.25, 0.3) is 15.7 Å². The molecule has 1 aliphatic carbocycles. The van der Waals surface area contributed by atoms with Crippen LogP contribution in [-0.4, -0.2) is 29.5 Å². The molecule has 1 saturated carbocycles. The molecule has 3 aromatic rings. The van der Waals surface area contributed by atoms with Crippen LogP contribution in [0.15, 0.2) is 60.1 Å². The van der Waals surface area contributed by atoms with Crippen LogP contribution < -0.4 is 0 Å². The maximum absolute atomic E-state index is 4.75. The minimum absolute atomic E-state index is 0.607. The summed E-state index contributed by atoms with van der Waals surface area (Å²) >= 11 is 1.88. The maximum atomic E-state index is 4.75. The standard InChI is InChI=1S/C28H34N2S/c1-2-8-22(9-3-1)20-24(27-11-6-7-16-29-27)15-19-30-17-13-23(14-18-30)26-21-31-28-12-5-4-10-25(26)28/h4-7,10-13,16,21-22,24H,1-3,8-9,14-15,17-20H2. The number of rotatable bonds is 7. The third-order valence-corrected chi connectivity index (χ3v) is 8.33. The molecule has 3 heteroatoms. The number of fused-ring (bicyclic) bond motifs is 1. The van der Waals surface area contributed by atoms with E-state index in [-0.39, 0.29) is 0 Å². The first-order chi connectivity index (χ1) is 15.4. The van der Waals surface area contributed by atoms with Crippen LogP contribution in [0.3, 0.4) is 0 Å². The van der Waals surface area contributed by atoms with E-state index in [1.165, 1.54) is 85.0 Å². The monoisotopic (exact) mass is 430 g/mol. The lowest BCUT2D eigenvalue weighted by molar-refractivity contribution is 0.263. The van der Waals surface area contributed by atoms with Gasteiger partial charge in [-0.15, -0.1) is 11.3 Å². The lowest BCUT2D eigenvalue weighted by atomic mass is 9.80. The summed E-state index contributed by atoms with van der Waals surface area (Å²) in [6.45, 7) is 3.44. The van der Waals surface area contributed by atoms with E-state index in [0.717, 1.165) is 18.9 Å². The molecule has 0 N–H and O–H groups in total. The fraction of sp³-hybridized carbons (Fsp3) is 0.464. The molecule has 0 amide bonds. The Balaban J connectivity index is 1.22. The van der Waals surface area contributed by atoms with Crippen LogP contribution in [0.5, 0.6) is 0 Å². The molecule has 1 aliphatic heterocycles. The van der Waals surface area contributed by atoms with Crippen molar-refractivity contribution in [3.05, 3.63) is 71.4 Å². The molecule has 0 saturated heterocycles. The van der Waals surface area contributed by atoms with Gasteiger partial charge in [0.05, 0.1) is 0 Å². The van der Waals surface area contributed by atoms with Crippen molar-refractivity contribution in [3.8, 4) is 0 Å². The van der Waals surface area contributed by atoms with Gasteiger partial charge in [0.1, 0.15) is 0 Å². The molecule has 5 rings (SSSR count). The van der Waals surface area contributed by atoms with E-state index in [1.807, 2.05) is 23.6 Å². The van der Waals surface area contributed by atoms with Crippen molar-refractivity contribution in [1.29, 1.82) is 0 Å². The number of pyridine rings is 1. The van der Waals surface area contributed by atoms with E-state index in [9.17, 15) is 0 Å². The van der Waals surface area contributed by atoms with E-state index in [2.05, 4.69) is 52.8 Å². The quantitative estimate of drug-likeness (QED) is 0.385. The number of hydrogen-bond donors (Lipinski definition) is 0. The number of benzene rings is 1.